The summed E-state index contributed by atoms with van der Waals surface area (Å²) in [6.07, 6.45) is 0. The SMILES string of the molecule is CCN(Cc1cccc(C#N)c1)CC(C)C. The number of hydrogen-bond acceptors (Lipinski definition) is 2. The summed E-state index contributed by atoms with van der Waals surface area (Å²) in [5, 5.41) is 8.84. The monoisotopic (exact) mass is 216 g/mol. The molecule has 0 N–H and O–H groups in total. The highest BCUT2D eigenvalue weighted by atomic mass is 15.1. The van der Waals surface area contributed by atoms with E-state index in [9.17, 15) is 0 Å². The summed E-state index contributed by atoms with van der Waals surface area (Å²) in [5.74, 6) is 0.680. The van der Waals surface area contributed by atoms with Crippen molar-refractivity contribution in [1.29, 1.82) is 5.26 Å². The molecular formula is C14H20N2. The van der Waals surface area contributed by atoms with Crippen LogP contribution in [0.2, 0.25) is 0 Å². The van der Waals surface area contributed by atoms with Gasteiger partial charge in [0.15, 0.2) is 0 Å². The lowest BCUT2D eigenvalue weighted by Gasteiger charge is -2.22. The second-order valence-electron chi connectivity index (χ2n) is 4.53. The third-order valence-corrected chi connectivity index (χ3v) is 2.53. The molecule has 1 aromatic carbocycles. The van der Waals surface area contributed by atoms with E-state index in [0.717, 1.165) is 25.2 Å². The van der Waals surface area contributed by atoms with Crippen molar-refractivity contribution >= 4 is 0 Å². The van der Waals surface area contributed by atoms with E-state index in [0.29, 0.717) is 5.92 Å². The summed E-state index contributed by atoms with van der Waals surface area (Å²) in [5.41, 5.74) is 1.97. The standard InChI is InChI=1S/C14H20N2/c1-4-16(10-12(2)3)11-14-7-5-6-13(8-14)9-15/h5-8,12H,4,10-11H2,1-3H3. The first-order valence-electron chi connectivity index (χ1n) is 5.87. The fraction of sp³-hybridized carbons (Fsp3) is 0.500. The Kier molecular flexibility index (Phi) is 5.01. The van der Waals surface area contributed by atoms with Crippen LogP contribution in [0, 0.1) is 17.2 Å². The molecule has 0 radical (unpaired) electrons. The van der Waals surface area contributed by atoms with Gasteiger partial charge in [-0.1, -0.05) is 32.9 Å². The molecule has 0 spiro atoms. The summed E-state index contributed by atoms with van der Waals surface area (Å²) in [6, 6.07) is 10.0. The number of hydrogen-bond donors (Lipinski definition) is 0. The van der Waals surface area contributed by atoms with Crippen molar-refractivity contribution in [2.45, 2.75) is 27.3 Å². The predicted molar refractivity (Wildman–Crippen MR) is 66.9 cm³/mol. The van der Waals surface area contributed by atoms with Crippen LogP contribution in [-0.4, -0.2) is 18.0 Å². The molecular weight excluding hydrogens is 196 g/mol. The Morgan fingerprint density at radius 3 is 2.69 bits per heavy atom. The Labute approximate surface area is 98.5 Å². The van der Waals surface area contributed by atoms with Gasteiger partial charge in [-0.15, -0.1) is 0 Å². The number of benzene rings is 1. The van der Waals surface area contributed by atoms with Crippen LogP contribution in [0.15, 0.2) is 24.3 Å². The molecule has 0 amide bonds. The second-order valence-corrected chi connectivity index (χ2v) is 4.53. The van der Waals surface area contributed by atoms with Crippen LogP contribution in [-0.2, 0) is 6.54 Å². The van der Waals surface area contributed by atoms with Crippen molar-refractivity contribution in [3.63, 3.8) is 0 Å². The van der Waals surface area contributed by atoms with Crippen molar-refractivity contribution in [2.75, 3.05) is 13.1 Å². The van der Waals surface area contributed by atoms with Crippen molar-refractivity contribution < 1.29 is 0 Å². The largest absolute Gasteiger partial charge is 0.299 e. The van der Waals surface area contributed by atoms with Gasteiger partial charge in [-0.3, -0.25) is 4.90 Å². The third kappa shape index (κ3) is 4.04. The molecule has 2 nitrogen and oxygen atoms in total. The average molecular weight is 216 g/mol. The number of nitrogens with zero attached hydrogens (tertiary/aromatic N) is 2. The maximum atomic E-state index is 8.84. The summed E-state index contributed by atoms with van der Waals surface area (Å²) in [7, 11) is 0. The van der Waals surface area contributed by atoms with Gasteiger partial charge in [-0.05, 0) is 30.2 Å². The smallest absolute Gasteiger partial charge is 0.0991 e. The second kappa shape index (κ2) is 6.30. The van der Waals surface area contributed by atoms with Gasteiger partial charge < -0.3 is 0 Å². The van der Waals surface area contributed by atoms with Crippen LogP contribution >= 0.6 is 0 Å². The molecule has 2 heteroatoms. The molecule has 0 fully saturated rings. The Balaban J connectivity index is 2.67. The van der Waals surface area contributed by atoms with Crippen LogP contribution in [0.5, 0.6) is 0 Å². The van der Waals surface area contributed by atoms with Gasteiger partial charge in [-0.25, -0.2) is 0 Å². The van der Waals surface area contributed by atoms with E-state index < -0.39 is 0 Å². The first kappa shape index (κ1) is 12.7. The summed E-state index contributed by atoms with van der Waals surface area (Å²) in [6.45, 7) is 9.73. The molecule has 0 unspecified atom stereocenters. The molecule has 0 bridgehead atoms. The molecule has 0 aliphatic carbocycles. The Morgan fingerprint density at radius 2 is 2.12 bits per heavy atom. The zero-order valence-electron chi connectivity index (χ0n) is 10.4. The van der Waals surface area contributed by atoms with E-state index in [4.69, 9.17) is 5.26 Å². The number of rotatable bonds is 5. The lowest BCUT2D eigenvalue weighted by atomic mass is 10.1. The van der Waals surface area contributed by atoms with Gasteiger partial charge in [0.1, 0.15) is 0 Å². The van der Waals surface area contributed by atoms with Crippen LogP contribution < -0.4 is 0 Å². The normalized spacial score (nSPS) is 10.8. The highest BCUT2D eigenvalue weighted by molar-refractivity contribution is 5.32. The minimum Gasteiger partial charge on any atom is -0.299 e. The Hall–Kier alpha value is -1.33. The molecule has 0 saturated heterocycles. The Bertz CT molecular complexity index is 363. The van der Waals surface area contributed by atoms with Gasteiger partial charge in [0.05, 0.1) is 11.6 Å². The average Bonchev–Trinajstić information content (AvgIpc) is 2.28. The molecule has 0 aliphatic heterocycles. The lowest BCUT2D eigenvalue weighted by molar-refractivity contribution is 0.248. The predicted octanol–water partition coefficient (Wildman–Crippen LogP) is 3.04. The molecule has 0 atom stereocenters. The van der Waals surface area contributed by atoms with Gasteiger partial charge in [-0.2, -0.15) is 5.26 Å². The van der Waals surface area contributed by atoms with E-state index in [1.807, 2.05) is 18.2 Å². The van der Waals surface area contributed by atoms with Gasteiger partial charge >= 0.3 is 0 Å². The van der Waals surface area contributed by atoms with Crippen molar-refractivity contribution in [3.8, 4) is 6.07 Å². The van der Waals surface area contributed by atoms with Gasteiger partial charge in [0.2, 0.25) is 0 Å². The van der Waals surface area contributed by atoms with E-state index in [-0.39, 0.29) is 0 Å². The third-order valence-electron chi connectivity index (χ3n) is 2.53. The highest BCUT2D eigenvalue weighted by Gasteiger charge is 2.06. The zero-order valence-corrected chi connectivity index (χ0v) is 10.4. The van der Waals surface area contributed by atoms with E-state index in [1.165, 1.54) is 5.56 Å². The summed E-state index contributed by atoms with van der Waals surface area (Å²) in [4.78, 5) is 2.40. The minimum atomic E-state index is 0.680. The first-order valence-corrected chi connectivity index (χ1v) is 5.87. The van der Waals surface area contributed by atoms with E-state index >= 15 is 0 Å². The highest BCUT2D eigenvalue weighted by Crippen LogP contribution is 2.09. The van der Waals surface area contributed by atoms with Gasteiger partial charge in [0.25, 0.3) is 0 Å². The zero-order chi connectivity index (χ0) is 12.0. The first-order chi connectivity index (χ1) is 7.65. The molecule has 0 aromatic heterocycles. The fourth-order valence-corrected chi connectivity index (χ4v) is 1.82. The van der Waals surface area contributed by atoms with Crippen LogP contribution in [0.1, 0.15) is 31.9 Å². The Morgan fingerprint density at radius 1 is 1.38 bits per heavy atom. The molecule has 1 rings (SSSR count). The fourth-order valence-electron chi connectivity index (χ4n) is 1.82. The van der Waals surface area contributed by atoms with Crippen LogP contribution in [0.25, 0.3) is 0 Å². The van der Waals surface area contributed by atoms with Gasteiger partial charge in [0, 0.05) is 13.1 Å². The summed E-state index contributed by atoms with van der Waals surface area (Å²) >= 11 is 0. The topological polar surface area (TPSA) is 27.0 Å². The molecule has 16 heavy (non-hydrogen) atoms. The van der Waals surface area contributed by atoms with E-state index in [2.05, 4.69) is 37.8 Å². The quantitative estimate of drug-likeness (QED) is 0.756. The lowest BCUT2D eigenvalue weighted by Crippen LogP contribution is -2.27. The maximum Gasteiger partial charge on any atom is 0.0991 e. The molecule has 0 heterocycles. The molecule has 1 aromatic rings. The van der Waals surface area contributed by atoms with Crippen LogP contribution in [0.3, 0.4) is 0 Å². The minimum absolute atomic E-state index is 0.680. The maximum absolute atomic E-state index is 8.84. The van der Waals surface area contributed by atoms with Crippen LogP contribution in [0.4, 0.5) is 0 Å². The molecule has 0 saturated carbocycles. The van der Waals surface area contributed by atoms with E-state index in [1.54, 1.807) is 0 Å². The number of nitriles is 1. The van der Waals surface area contributed by atoms with Crippen molar-refractivity contribution in [1.82, 2.24) is 4.90 Å². The molecule has 86 valence electrons. The molecule has 0 aliphatic rings. The summed E-state index contributed by atoms with van der Waals surface area (Å²) < 4.78 is 0. The van der Waals surface area contributed by atoms with Crippen molar-refractivity contribution in [2.24, 2.45) is 5.92 Å². The van der Waals surface area contributed by atoms with Crippen molar-refractivity contribution in [3.05, 3.63) is 35.4 Å².